The number of imidazole rings is 1. The second kappa shape index (κ2) is 9.69. The van der Waals surface area contributed by atoms with Gasteiger partial charge in [0.1, 0.15) is 5.82 Å². The molecule has 1 atom stereocenters. The van der Waals surface area contributed by atoms with Crippen LogP contribution in [0.25, 0.3) is 33.8 Å². The Balaban J connectivity index is 1.63. The fraction of sp³-hybridized carbons (Fsp3) is 0.143. The molecule has 0 aliphatic carbocycles. The Morgan fingerprint density at radius 3 is 2.44 bits per heavy atom. The molecule has 1 unspecified atom stereocenters. The van der Waals surface area contributed by atoms with Crippen LogP contribution in [0, 0.1) is 5.92 Å². The second-order valence-corrected chi connectivity index (χ2v) is 11.5. The maximum absolute atomic E-state index is 12.0. The second-order valence-electron chi connectivity index (χ2n) is 8.66. The quantitative estimate of drug-likeness (QED) is 0.259. The zero-order chi connectivity index (χ0) is 25.4. The first kappa shape index (κ1) is 24.5. The van der Waals surface area contributed by atoms with Crippen molar-refractivity contribution in [2.45, 2.75) is 18.2 Å². The number of sulfone groups is 1. The Labute approximate surface area is 220 Å². The Bertz CT molecular complexity index is 1640. The lowest BCUT2D eigenvalue weighted by atomic mass is 9.98. The maximum Gasteiger partial charge on any atom is 0.175 e. The number of allylic oxidation sites excluding steroid dienone is 1. The van der Waals surface area contributed by atoms with Crippen molar-refractivity contribution in [3.63, 3.8) is 0 Å². The van der Waals surface area contributed by atoms with Gasteiger partial charge >= 0.3 is 0 Å². The zero-order valence-corrected chi connectivity index (χ0v) is 22.0. The van der Waals surface area contributed by atoms with E-state index in [0.29, 0.717) is 15.9 Å². The summed E-state index contributed by atoms with van der Waals surface area (Å²) in [5, 5.41) is 1.09. The fourth-order valence-electron chi connectivity index (χ4n) is 4.31. The topological polar surface area (TPSA) is 64.3 Å². The van der Waals surface area contributed by atoms with Crippen LogP contribution in [0.1, 0.15) is 19.0 Å². The highest BCUT2D eigenvalue weighted by Gasteiger charge is 2.23. The van der Waals surface area contributed by atoms with Gasteiger partial charge < -0.3 is 0 Å². The van der Waals surface area contributed by atoms with Crippen molar-refractivity contribution in [3.8, 4) is 28.2 Å². The Morgan fingerprint density at radius 1 is 0.944 bits per heavy atom. The summed E-state index contributed by atoms with van der Waals surface area (Å²) in [4.78, 5) is 9.58. The molecule has 2 heterocycles. The maximum atomic E-state index is 12.0. The summed E-state index contributed by atoms with van der Waals surface area (Å²) in [7, 11) is -3.32. The van der Waals surface area contributed by atoms with E-state index in [9.17, 15) is 8.42 Å². The fourth-order valence-corrected chi connectivity index (χ4v) is 5.47. The van der Waals surface area contributed by atoms with Crippen molar-refractivity contribution in [1.29, 1.82) is 0 Å². The number of aliphatic imine (C=N–C) groups is 1. The lowest BCUT2D eigenvalue weighted by Crippen LogP contribution is -2.00. The molecule has 8 heteroatoms. The van der Waals surface area contributed by atoms with Crippen LogP contribution >= 0.6 is 23.2 Å². The molecule has 5 rings (SSSR count). The number of aromatic nitrogens is 2. The van der Waals surface area contributed by atoms with Crippen LogP contribution in [0.3, 0.4) is 0 Å². The molecular formula is C28H23Cl2N3O2S. The SMILES string of the molecule is CCC1C=NC=C1c1cn(-c2ccc(-c3cccc(S(C)(=O)=O)c3)cc2Cl)c(-c2ccccc2Cl)n1. The third kappa shape index (κ3) is 4.64. The molecule has 0 bridgehead atoms. The van der Waals surface area contributed by atoms with E-state index in [1.807, 2.05) is 71.7 Å². The highest BCUT2D eigenvalue weighted by Crippen LogP contribution is 2.37. The molecule has 4 aromatic rings. The molecule has 0 saturated heterocycles. The number of hydrogen-bond acceptors (Lipinski definition) is 4. The van der Waals surface area contributed by atoms with Gasteiger partial charge in [-0.2, -0.15) is 0 Å². The third-order valence-corrected chi connectivity index (χ3v) is 7.98. The largest absolute Gasteiger partial charge is 0.298 e. The van der Waals surface area contributed by atoms with E-state index in [1.54, 1.807) is 18.2 Å². The zero-order valence-electron chi connectivity index (χ0n) is 19.7. The van der Waals surface area contributed by atoms with Crippen LogP contribution < -0.4 is 0 Å². The van der Waals surface area contributed by atoms with Gasteiger partial charge in [0.05, 0.1) is 26.3 Å². The van der Waals surface area contributed by atoms with Crippen molar-refractivity contribution in [2.75, 3.05) is 6.26 Å². The van der Waals surface area contributed by atoms with Crippen LogP contribution in [0.4, 0.5) is 0 Å². The van der Waals surface area contributed by atoms with Crippen molar-refractivity contribution < 1.29 is 8.42 Å². The van der Waals surface area contributed by atoms with E-state index in [4.69, 9.17) is 28.2 Å². The Hall–Kier alpha value is -3.19. The minimum absolute atomic E-state index is 0.201. The van der Waals surface area contributed by atoms with Gasteiger partial charge in [-0.25, -0.2) is 13.4 Å². The van der Waals surface area contributed by atoms with Crippen LogP contribution in [0.2, 0.25) is 10.0 Å². The molecule has 0 amide bonds. The van der Waals surface area contributed by atoms with Gasteiger partial charge in [0, 0.05) is 41.9 Å². The minimum Gasteiger partial charge on any atom is -0.298 e. The summed E-state index contributed by atoms with van der Waals surface area (Å²) in [6.45, 7) is 2.12. The first-order valence-corrected chi connectivity index (χ1v) is 14.1. The molecule has 182 valence electrons. The lowest BCUT2D eigenvalue weighted by molar-refractivity contribution is 0.602. The van der Waals surface area contributed by atoms with Crippen molar-refractivity contribution >= 4 is 44.8 Å². The molecule has 36 heavy (non-hydrogen) atoms. The van der Waals surface area contributed by atoms with Crippen molar-refractivity contribution in [1.82, 2.24) is 9.55 Å². The molecular weight excluding hydrogens is 513 g/mol. The summed E-state index contributed by atoms with van der Waals surface area (Å²) in [5.41, 5.74) is 4.97. The van der Waals surface area contributed by atoms with Crippen LogP contribution in [-0.4, -0.2) is 30.4 Å². The molecule has 0 spiro atoms. The van der Waals surface area contributed by atoms with E-state index < -0.39 is 9.84 Å². The monoisotopic (exact) mass is 535 g/mol. The van der Waals surface area contributed by atoms with Gasteiger partial charge in [-0.1, -0.05) is 60.5 Å². The number of nitrogens with zero attached hydrogens (tertiary/aromatic N) is 3. The standard InChI is InChI=1S/C28H23Cl2N3O2S/c1-3-18-15-31-16-23(18)26-17-33(28(32-26)22-9-4-5-10-24(22)29)27-12-11-20(14-25(27)30)19-7-6-8-21(13-19)36(2,34)35/h4-18H,3H2,1-2H3. The molecule has 0 radical (unpaired) electrons. The number of hydrogen-bond donors (Lipinski definition) is 0. The average Bonchev–Trinajstić information content (AvgIpc) is 3.51. The molecule has 1 aromatic heterocycles. The first-order valence-electron chi connectivity index (χ1n) is 11.4. The normalized spacial score (nSPS) is 15.3. The van der Waals surface area contributed by atoms with E-state index >= 15 is 0 Å². The summed E-state index contributed by atoms with van der Waals surface area (Å²) in [6, 6.07) is 20.1. The molecule has 1 aliphatic rings. The van der Waals surface area contributed by atoms with E-state index in [2.05, 4.69) is 11.9 Å². The Kier molecular flexibility index (Phi) is 6.60. The summed E-state index contributed by atoms with van der Waals surface area (Å²) in [6.07, 6.45) is 7.88. The summed E-state index contributed by atoms with van der Waals surface area (Å²) >= 11 is 13.4. The molecule has 0 N–H and O–H groups in total. The van der Waals surface area contributed by atoms with Gasteiger partial charge in [-0.05, 0) is 53.9 Å². The van der Waals surface area contributed by atoms with E-state index in [0.717, 1.165) is 40.1 Å². The van der Waals surface area contributed by atoms with Gasteiger partial charge in [-0.3, -0.25) is 9.56 Å². The predicted octanol–water partition coefficient (Wildman–Crippen LogP) is 7.37. The van der Waals surface area contributed by atoms with Crippen molar-refractivity contribution in [3.05, 3.63) is 94.9 Å². The first-order chi connectivity index (χ1) is 17.3. The van der Waals surface area contributed by atoms with Crippen molar-refractivity contribution in [2.24, 2.45) is 10.9 Å². The van der Waals surface area contributed by atoms with Gasteiger partial charge in [0.2, 0.25) is 0 Å². The van der Waals surface area contributed by atoms with Crippen LogP contribution in [0.15, 0.2) is 89.0 Å². The molecule has 3 aromatic carbocycles. The smallest absolute Gasteiger partial charge is 0.175 e. The number of halogens is 2. The van der Waals surface area contributed by atoms with E-state index in [1.165, 1.54) is 6.26 Å². The van der Waals surface area contributed by atoms with Crippen LogP contribution in [0.5, 0.6) is 0 Å². The minimum atomic E-state index is -3.32. The highest BCUT2D eigenvalue weighted by atomic mass is 35.5. The van der Waals surface area contributed by atoms with E-state index in [-0.39, 0.29) is 10.8 Å². The number of rotatable bonds is 6. The lowest BCUT2D eigenvalue weighted by Gasteiger charge is -2.13. The summed E-state index contributed by atoms with van der Waals surface area (Å²) in [5.74, 6) is 0.874. The average molecular weight is 536 g/mol. The summed E-state index contributed by atoms with van der Waals surface area (Å²) < 4.78 is 26.0. The highest BCUT2D eigenvalue weighted by molar-refractivity contribution is 7.90. The predicted molar refractivity (Wildman–Crippen MR) is 148 cm³/mol. The molecule has 1 aliphatic heterocycles. The molecule has 0 fully saturated rings. The van der Waals surface area contributed by atoms with Crippen LogP contribution in [-0.2, 0) is 9.84 Å². The molecule has 0 saturated carbocycles. The molecule has 5 nitrogen and oxygen atoms in total. The van der Waals surface area contributed by atoms with Gasteiger partial charge in [0.15, 0.2) is 9.84 Å². The Morgan fingerprint density at radius 2 is 1.72 bits per heavy atom. The third-order valence-electron chi connectivity index (χ3n) is 6.24. The van der Waals surface area contributed by atoms with Gasteiger partial charge in [-0.15, -0.1) is 0 Å². The number of benzene rings is 3. The van der Waals surface area contributed by atoms with Gasteiger partial charge in [0.25, 0.3) is 0 Å².